The summed E-state index contributed by atoms with van der Waals surface area (Å²) in [6.07, 6.45) is 3.16. The van der Waals surface area contributed by atoms with Crippen molar-refractivity contribution in [3.63, 3.8) is 0 Å². The number of aromatic nitrogens is 3. The maximum atomic E-state index is 12.8. The van der Waals surface area contributed by atoms with Gasteiger partial charge in [-0.25, -0.2) is 9.37 Å². The van der Waals surface area contributed by atoms with Crippen molar-refractivity contribution in [2.75, 3.05) is 0 Å². The monoisotopic (exact) mass is 227 g/mol. The Kier molecular flexibility index (Phi) is 2.14. The molecule has 0 aliphatic carbocycles. The van der Waals surface area contributed by atoms with Crippen LogP contribution in [-0.2, 0) is 0 Å². The maximum absolute atomic E-state index is 12.8. The van der Waals surface area contributed by atoms with Gasteiger partial charge in [-0.05, 0) is 31.2 Å². The van der Waals surface area contributed by atoms with Crippen molar-refractivity contribution < 1.29 is 4.39 Å². The summed E-state index contributed by atoms with van der Waals surface area (Å²) in [5.41, 5.74) is 3.34. The standard InChI is InChI=1S/C13H10FN3/c1-9-13(11-6-5-10(14)8-15-11)16-12-4-2-3-7-17(9)12/h2-8H,1H3. The van der Waals surface area contributed by atoms with Gasteiger partial charge in [-0.3, -0.25) is 4.98 Å². The summed E-state index contributed by atoms with van der Waals surface area (Å²) in [5.74, 6) is -0.338. The lowest BCUT2D eigenvalue weighted by molar-refractivity contribution is 0.622. The first-order chi connectivity index (χ1) is 8.25. The summed E-state index contributed by atoms with van der Waals surface area (Å²) in [6, 6.07) is 8.85. The molecule has 0 spiro atoms. The lowest BCUT2D eigenvalue weighted by Crippen LogP contribution is -1.88. The molecule has 0 radical (unpaired) electrons. The van der Waals surface area contributed by atoms with Gasteiger partial charge in [0.05, 0.1) is 11.9 Å². The smallest absolute Gasteiger partial charge is 0.141 e. The zero-order valence-electron chi connectivity index (χ0n) is 9.26. The summed E-state index contributed by atoms with van der Waals surface area (Å²) in [4.78, 5) is 8.54. The van der Waals surface area contributed by atoms with Crippen LogP contribution < -0.4 is 0 Å². The molecule has 3 aromatic heterocycles. The predicted molar refractivity (Wildman–Crippen MR) is 63.1 cm³/mol. The van der Waals surface area contributed by atoms with E-state index in [0.29, 0.717) is 5.69 Å². The summed E-state index contributed by atoms with van der Waals surface area (Å²) in [7, 11) is 0. The molecule has 0 unspecified atom stereocenters. The number of imidazole rings is 1. The van der Waals surface area contributed by atoms with Crippen LogP contribution in [0.2, 0.25) is 0 Å². The van der Waals surface area contributed by atoms with Crippen LogP contribution in [0.5, 0.6) is 0 Å². The van der Waals surface area contributed by atoms with E-state index in [1.165, 1.54) is 12.3 Å². The number of rotatable bonds is 1. The van der Waals surface area contributed by atoms with Crippen molar-refractivity contribution in [3.8, 4) is 11.4 Å². The molecule has 0 aliphatic rings. The molecule has 3 aromatic rings. The lowest BCUT2D eigenvalue weighted by atomic mass is 10.2. The van der Waals surface area contributed by atoms with E-state index in [0.717, 1.165) is 17.0 Å². The summed E-state index contributed by atoms with van der Waals surface area (Å²) >= 11 is 0. The second-order valence-electron chi connectivity index (χ2n) is 3.84. The second kappa shape index (κ2) is 3.66. The van der Waals surface area contributed by atoms with Gasteiger partial charge in [0.25, 0.3) is 0 Å². The highest BCUT2D eigenvalue weighted by atomic mass is 19.1. The molecule has 0 saturated carbocycles. The van der Waals surface area contributed by atoms with Gasteiger partial charge in [0.1, 0.15) is 17.2 Å². The van der Waals surface area contributed by atoms with Crippen LogP contribution in [0, 0.1) is 12.7 Å². The van der Waals surface area contributed by atoms with Crippen molar-refractivity contribution in [2.45, 2.75) is 6.92 Å². The molecule has 0 aliphatic heterocycles. The van der Waals surface area contributed by atoms with Crippen LogP contribution in [0.15, 0.2) is 42.7 Å². The first-order valence-corrected chi connectivity index (χ1v) is 5.31. The summed E-state index contributed by atoms with van der Waals surface area (Å²) < 4.78 is 14.8. The topological polar surface area (TPSA) is 30.2 Å². The predicted octanol–water partition coefficient (Wildman–Crippen LogP) is 2.84. The van der Waals surface area contributed by atoms with Crippen LogP contribution >= 0.6 is 0 Å². The van der Waals surface area contributed by atoms with E-state index in [-0.39, 0.29) is 5.82 Å². The van der Waals surface area contributed by atoms with Gasteiger partial charge < -0.3 is 4.40 Å². The molecule has 17 heavy (non-hydrogen) atoms. The number of nitrogens with zero attached hydrogens (tertiary/aromatic N) is 3. The molecule has 3 heterocycles. The number of hydrogen-bond donors (Lipinski definition) is 0. The highest BCUT2D eigenvalue weighted by molar-refractivity contribution is 5.62. The van der Waals surface area contributed by atoms with Crippen LogP contribution in [-0.4, -0.2) is 14.4 Å². The Balaban J connectivity index is 2.24. The number of fused-ring (bicyclic) bond motifs is 1. The molecule has 84 valence electrons. The molecule has 4 heteroatoms. The minimum atomic E-state index is -0.338. The third-order valence-electron chi connectivity index (χ3n) is 2.74. The summed E-state index contributed by atoms with van der Waals surface area (Å²) in [6.45, 7) is 1.97. The van der Waals surface area contributed by atoms with E-state index in [4.69, 9.17) is 0 Å². The quantitative estimate of drug-likeness (QED) is 0.640. The Hall–Kier alpha value is -2.23. The van der Waals surface area contributed by atoms with Crippen molar-refractivity contribution in [2.24, 2.45) is 0 Å². The van der Waals surface area contributed by atoms with E-state index < -0.39 is 0 Å². The van der Waals surface area contributed by atoms with E-state index in [1.807, 2.05) is 35.7 Å². The van der Waals surface area contributed by atoms with E-state index in [2.05, 4.69) is 9.97 Å². The van der Waals surface area contributed by atoms with Gasteiger partial charge in [0.2, 0.25) is 0 Å². The van der Waals surface area contributed by atoms with Crippen molar-refractivity contribution in [1.82, 2.24) is 14.4 Å². The van der Waals surface area contributed by atoms with Gasteiger partial charge in [0, 0.05) is 11.9 Å². The Morgan fingerprint density at radius 3 is 2.76 bits per heavy atom. The van der Waals surface area contributed by atoms with Gasteiger partial charge in [-0.1, -0.05) is 6.07 Å². The Bertz CT molecular complexity index is 671. The van der Waals surface area contributed by atoms with Gasteiger partial charge in [-0.2, -0.15) is 0 Å². The first kappa shape index (κ1) is 9.96. The van der Waals surface area contributed by atoms with Crippen molar-refractivity contribution >= 4 is 5.65 Å². The average molecular weight is 227 g/mol. The number of hydrogen-bond acceptors (Lipinski definition) is 2. The fourth-order valence-corrected chi connectivity index (χ4v) is 1.88. The molecular formula is C13H10FN3. The number of aryl methyl sites for hydroxylation is 1. The molecule has 3 nitrogen and oxygen atoms in total. The van der Waals surface area contributed by atoms with E-state index in [1.54, 1.807) is 6.07 Å². The van der Waals surface area contributed by atoms with Crippen LogP contribution in [0.4, 0.5) is 4.39 Å². The van der Waals surface area contributed by atoms with Gasteiger partial charge in [-0.15, -0.1) is 0 Å². The Labute approximate surface area is 97.6 Å². The fourth-order valence-electron chi connectivity index (χ4n) is 1.88. The lowest BCUT2D eigenvalue weighted by Gasteiger charge is -1.98. The molecule has 0 bridgehead atoms. The zero-order chi connectivity index (χ0) is 11.8. The average Bonchev–Trinajstić information content (AvgIpc) is 2.69. The maximum Gasteiger partial charge on any atom is 0.141 e. The minimum absolute atomic E-state index is 0.338. The second-order valence-corrected chi connectivity index (χ2v) is 3.84. The molecular weight excluding hydrogens is 217 g/mol. The highest BCUT2D eigenvalue weighted by Crippen LogP contribution is 2.21. The third-order valence-corrected chi connectivity index (χ3v) is 2.74. The van der Waals surface area contributed by atoms with Crippen LogP contribution in [0.1, 0.15) is 5.69 Å². The zero-order valence-corrected chi connectivity index (χ0v) is 9.26. The molecule has 0 aromatic carbocycles. The largest absolute Gasteiger partial charge is 0.304 e. The van der Waals surface area contributed by atoms with Crippen LogP contribution in [0.3, 0.4) is 0 Å². The fraction of sp³-hybridized carbons (Fsp3) is 0.0769. The van der Waals surface area contributed by atoms with Gasteiger partial charge >= 0.3 is 0 Å². The summed E-state index contributed by atoms with van der Waals surface area (Å²) in [5, 5.41) is 0. The molecule has 0 atom stereocenters. The van der Waals surface area contributed by atoms with E-state index in [9.17, 15) is 4.39 Å². The SMILES string of the molecule is Cc1c(-c2ccc(F)cn2)nc2ccccn12. The van der Waals surface area contributed by atoms with Crippen molar-refractivity contribution in [1.29, 1.82) is 0 Å². The van der Waals surface area contributed by atoms with Crippen LogP contribution in [0.25, 0.3) is 17.0 Å². The minimum Gasteiger partial charge on any atom is -0.304 e. The Morgan fingerprint density at radius 2 is 2.06 bits per heavy atom. The molecule has 0 N–H and O–H groups in total. The molecule has 0 saturated heterocycles. The molecule has 3 rings (SSSR count). The first-order valence-electron chi connectivity index (χ1n) is 5.31. The molecule has 0 fully saturated rings. The normalized spacial score (nSPS) is 10.9. The molecule has 0 amide bonds. The van der Waals surface area contributed by atoms with E-state index >= 15 is 0 Å². The Morgan fingerprint density at radius 1 is 1.18 bits per heavy atom. The number of halogens is 1. The highest BCUT2D eigenvalue weighted by Gasteiger charge is 2.10. The number of pyridine rings is 2. The van der Waals surface area contributed by atoms with Gasteiger partial charge in [0.15, 0.2) is 0 Å². The van der Waals surface area contributed by atoms with Crippen molar-refractivity contribution in [3.05, 3.63) is 54.2 Å². The third kappa shape index (κ3) is 1.58.